The second-order valence-corrected chi connectivity index (χ2v) is 3.18. The van der Waals surface area contributed by atoms with Crippen molar-refractivity contribution in [2.75, 3.05) is 4.72 Å². The maximum Gasteiger partial charge on any atom is 0.222 e. The van der Waals surface area contributed by atoms with Crippen LogP contribution in [0.2, 0.25) is 0 Å². The minimum Gasteiger partial charge on any atom is -0.285 e. The van der Waals surface area contributed by atoms with Crippen molar-refractivity contribution in [2.45, 2.75) is 13.8 Å². The van der Waals surface area contributed by atoms with Gasteiger partial charge in [-0.1, -0.05) is 0 Å². The van der Waals surface area contributed by atoms with E-state index in [-0.39, 0.29) is 0 Å². The number of hydrogen-bond donors (Lipinski definition) is 2. The Morgan fingerprint density at radius 3 is 2.67 bits per heavy atom. The summed E-state index contributed by atoms with van der Waals surface area (Å²) in [6.07, 6.45) is 1.57. The summed E-state index contributed by atoms with van der Waals surface area (Å²) in [7, 11) is -2.58. The molecule has 0 aliphatic rings. The molecule has 1 heterocycles. The van der Waals surface area contributed by atoms with Crippen molar-refractivity contribution in [3.05, 3.63) is 23.5 Å². The zero-order valence-corrected chi connectivity index (χ0v) is 7.76. The second kappa shape index (κ2) is 3.53. The third-order valence-corrected chi connectivity index (χ3v) is 2.09. The van der Waals surface area contributed by atoms with Crippen molar-refractivity contribution in [3.8, 4) is 0 Å². The van der Waals surface area contributed by atoms with Gasteiger partial charge in [0.1, 0.15) is 0 Å². The topological polar surface area (TPSA) is 59.1 Å². The zero-order chi connectivity index (χ0) is 9.14. The average molecular weight is 186 g/mol. The van der Waals surface area contributed by atoms with Crippen LogP contribution in [0.1, 0.15) is 11.3 Å². The summed E-state index contributed by atoms with van der Waals surface area (Å²) >= 11 is 0. The van der Waals surface area contributed by atoms with E-state index in [2.05, 4.69) is 9.71 Å². The first-order valence-corrected chi connectivity index (χ1v) is 4.62. The highest BCUT2D eigenvalue weighted by Crippen LogP contribution is 2.15. The molecule has 4 nitrogen and oxygen atoms in total. The van der Waals surface area contributed by atoms with Crippen molar-refractivity contribution >= 4 is 16.6 Å². The van der Waals surface area contributed by atoms with Crippen LogP contribution in [0.5, 0.6) is 0 Å². The largest absolute Gasteiger partial charge is 0.285 e. The fourth-order valence-corrected chi connectivity index (χ4v) is 1.30. The lowest BCUT2D eigenvalue weighted by Gasteiger charge is -2.04. The Bertz CT molecular complexity index is 352. The molecule has 0 amide bonds. The van der Waals surface area contributed by atoms with Crippen molar-refractivity contribution in [1.82, 2.24) is 4.98 Å². The molecule has 0 aliphatic heterocycles. The minimum atomic E-state index is -2.58. The van der Waals surface area contributed by atoms with Gasteiger partial charge in [-0.2, -0.15) is 0 Å². The van der Waals surface area contributed by atoms with Gasteiger partial charge in [-0.15, -0.1) is 0 Å². The molecule has 0 saturated carbocycles. The van der Waals surface area contributed by atoms with E-state index in [1.807, 2.05) is 13.8 Å². The predicted octanol–water partition coefficient (Wildman–Crippen LogP) is 0.637. The van der Waals surface area contributed by atoms with E-state index in [0.717, 1.165) is 11.3 Å². The lowest BCUT2D eigenvalue weighted by molar-refractivity contribution is 0.619. The standard InChI is InChI=1S/C7H10N2O2S/c1-5-6(2)8-4-3-7(5)9-12(10)11/h3-4,12H,1-2H3,(H,8,9,10,11). The molecule has 0 radical (unpaired) electrons. The van der Waals surface area contributed by atoms with Crippen LogP contribution >= 0.6 is 0 Å². The number of nitrogens with zero attached hydrogens (tertiary/aromatic N) is 1. The third-order valence-electron chi connectivity index (χ3n) is 1.67. The van der Waals surface area contributed by atoms with Crippen LogP contribution in [0.15, 0.2) is 12.3 Å². The third kappa shape index (κ3) is 1.94. The van der Waals surface area contributed by atoms with Gasteiger partial charge in [0, 0.05) is 11.9 Å². The lowest BCUT2D eigenvalue weighted by Crippen LogP contribution is -1.99. The van der Waals surface area contributed by atoms with Gasteiger partial charge in [-0.3, -0.25) is 9.71 Å². The molecule has 12 heavy (non-hydrogen) atoms. The summed E-state index contributed by atoms with van der Waals surface area (Å²) in [5, 5.41) is 0. The fraction of sp³-hybridized carbons (Fsp3) is 0.286. The van der Waals surface area contributed by atoms with E-state index in [1.54, 1.807) is 12.3 Å². The van der Waals surface area contributed by atoms with Crippen LogP contribution in [-0.2, 0) is 10.9 Å². The molecule has 1 N–H and O–H groups in total. The van der Waals surface area contributed by atoms with Gasteiger partial charge in [0.05, 0.1) is 5.69 Å². The van der Waals surface area contributed by atoms with E-state index in [9.17, 15) is 8.42 Å². The first-order valence-electron chi connectivity index (χ1n) is 3.44. The van der Waals surface area contributed by atoms with Crippen molar-refractivity contribution in [1.29, 1.82) is 0 Å². The smallest absolute Gasteiger partial charge is 0.222 e. The van der Waals surface area contributed by atoms with Crippen molar-refractivity contribution < 1.29 is 8.42 Å². The number of rotatable bonds is 2. The Hall–Kier alpha value is -1.10. The molecule has 5 heteroatoms. The Morgan fingerprint density at radius 2 is 2.08 bits per heavy atom. The predicted molar refractivity (Wildman–Crippen MR) is 47.6 cm³/mol. The maximum atomic E-state index is 10.3. The van der Waals surface area contributed by atoms with E-state index in [4.69, 9.17) is 0 Å². The number of aromatic nitrogens is 1. The van der Waals surface area contributed by atoms with Gasteiger partial charge in [-0.05, 0) is 25.5 Å². The number of aryl methyl sites for hydroxylation is 1. The normalized spacial score (nSPS) is 10.2. The minimum absolute atomic E-state index is 0.596. The number of hydrogen-bond acceptors (Lipinski definition) is 3. The van der Waals surface area contributed by atoms with E-state index < -0.39 is 10.9 Å². The van der Waals surface area contributed by atoms with Gasteiger partial charge in [0.15, 0.2) is 0 Å². The average Bonchev–Trinajstić information content (AvgIpc) is 1.98. The summed E-state index contributed by atoms with van der Waals surface area (Å²) in [5.41, 5.74) is 2.28. The highest BCUT2D eigenvalue weighted by Gasteiger charge is 2.00. The van der Waals surface area contributed by atoms with Gasteiger partial charge < -0.3 is 0 Å². The number of anilines is 1. The van der Waals surface area contributed by atoms with Crippen LogP contribution in [0.3, 0.4) is 0 Å². The molecule has 0 aliphatic carbocycles. The van der Waals surface area contributed by atoms with Crippen molar-refractivity contribution in [3.63, 3.8) is 0 Å². The fourth-order valence-electron chi connectivity index (χ4n) is 0.860. The molecule has 1 rings (SSSR count). The molecular formula is C7H10N2O2S. The van der Waals surface area contributed by atoms with E-state index in [0.29, 0.717) is 5.69 Å². The second-order valence-electron chi connectivity index (χ2n) is 2.44. The highest BCUT2D eigenvalue weighted by atomic mass is 32.2. The molecular weight excluding hydrogens is 176 g/mol. The van der Waals surface area contributed by atoms with E-state index in [1.165, 1.54) is 0 Å². The molecule has 0 unspecified atom stereocenters. The summed E-state index contributed by atoms with van der Waals surface area (Å²) < 4.78 is 23.0. The number of pyridine rings is 1. The first-order chi connectivity index (χ1) is 5.61. The first kappa shape index (κ1) is 8.99. The quantitative estimate of drug-likeness (QED) is 0.666. The van der Waals surface area contributed by atoms with Gasteiger partial charge >= 0.3 is 0 Å². The summed E-state index contributed by atoms with van der Waals surface area (Å²) in [4.78, 5) is 4.01. The lowest BCUT2D eigenvalue weighted by atomic mass is 10.2. The van der Waals surface area contributed by atoms with Crippen LogP contribution in [0, 0.1) is 13.8 Å². The number of nitrogens with one attached hydrogen (secondary N) is 1. The highest BCUT2D eigenvalue weighted by molar-refractivity contribution is 7.73. The molecule has 0 aromatic carbocycles. The van der Waals surface area contributed by atoms with E-state index >= 15 is 0 Å². The van der Waals surface area contributed by atoms with Crippen LogP contribution in [0.25, 0.3) is 0 Å². The Labute approximate surface area is 72.7 Å². The van der Waals surface area contributed by atoms with Gasteiger partial charge in [0.25, 0.3) is 0 Å². The van der Waals surface area contributed by atoms with Crippen molar-refractivity contribution in [2.24, 2.45) is 0 Å². The summed E-state index contributed by atoms with van der Waals surface area (Å²) in [6, 6.07) is 1.63. The zero-order valence-electron chi connectivity index (χ0n) is 6.87. The molecule has 0 spiro atoms. The molecule has 0 saturated heterocycles. The van der Waals surface area contributed by atoms with Gasteiger partial charge in [0.2, 0.25) is 10.9 Å². The molecule has 0 bridgehead atoms. The summed E-state index contributed by atoms with van der Waals surface area (Å²) in [5.74, 6) is 0. The summed E-state index contributed by atoms with van der Waals surface area (Å²) in [6.45, 7) is 3.65. The Morgan fingerprint density at radius 1 is 1.42 bits per heavy atom. The van der Waals surface area contributed by atoms with Crippen LogP contribution < -0.4 is 4.72 Å². The molecule has 1 aromatic heterocycles. The van der Waals surface area contributed by atoms with Crippen LogP contribution in [-0.4, -0.2) is 13.4 Å². The SMILES string of the molecule is Cc1nccc(N[SH](=O)=O)c1C. The van der Waals surface area contributed by atoms with Crippen LogP contribution in [0.4, 0.5) is 5.69 Å². The molecule has 1 aromatic rings. The monoisotopic (exact) mass is 186 g/mol. The Balaban J connectivity index is 3.08. The maximum absolute atomic E-state index is 10.3. The Kier molecular flexibility index (Phi) is 2.65. The molecule has 66 valence electrons. The molecule has 0 atom stereocenters. The number of thiol groups is 1. The molecule has 0 fully saturated rings. The van der Waals surface area contributed by atoms with Gasteiger partial charge in [-0.25, -0.2) is 8.42 Å².